The van der Waals surface area contributed by atoms with Crippen LogP contribution < -0.4 is 11.1 Å². The van der Waals surface area contributed by atoms with E-state index in [9.17, 15) is 9.59 Å². The van der Waals surface area contributed by atoms with E-state index in [-0.39, 0.29) is 17.2 Å². The number of likely N-dealkylation sites (tertiary alicyclic amines) is 1. The van der Waals surface area contributed by atoms with E-state index in [2.05, 4.69) is 5.32 Å². The van der Waals surface area contributed by atoms with Gasteiger partial charge in [-0.05, 0) is 24.7 Å². The maximum absolute atomic E-state index is 11.9. The van der Waals surface area contributed by atoms with Gasteiger partial charge in [0.2, 0.25) is 11.8 Å². The quantitative estimate of drug-likeness (QED) is 0.795. The molecule has 0 aromatic heterocycles. The van der Waals surface area contributed by atoms with Crippen LogP contribution in [0.25, 0.3) is 0 Å². The molecule has 110 valence electrons. The van der Waals surface area contributed by atoms with Gasteiger partial charge in [-0.25, -0.2) is 0 Å². The number of rotatable bonds is 4. The Morgan fingerprint density at radius 2 is 1.79 bits per heavy atom. The average molecular weight is 269 g/mol. The summed E-state index contributed by atoms with van der Waals surface area (Å²) >= 11 is 0. The van der Waals surface area contributed by atoms with Gasteiger partial charge < -0.3 is 16.0 Å². The molecule has 0 aromatic carbocycles. The Bertz CT molecular complexity index is 317. The molecule has 19 heavy (non-hydrogen) atoms. The van der Waals surface area contributed by atoms with E-state index in [1.165, 1.54) is 6.42 Å². The summed E-state index contributed by atoms with van der Waals surface area (Å²) < 4.78 is 0. The van der Waals surface area contributed by atoms with Crippen molar-refractivity contribution in [3.63, 3.8) is 0 Å². The largest absolute Gasteiger partial charge is 0.354 e. The van der Waals surface area contributed by atoms with Crippen molar-refractivity contribution >= 4 is 11.8 Å². The van der Waals surface area contributed by atoms with Crippen LogP contribution in [-0.4, -0.2) is 42.4 Å². The van der Waals surface area contributed by atoms with E-state index in [0.29, 0.717) is 13.0 Å². The zero-order valence-corrected chi connectivity index (χ0v) is 12.4. The van der Waals surface area contributed by atoms with E-state index in [4.69, 9.17) is 5.73 Å². The fourth-order valence-electron chi connectivity index (χ4n) is 2.10. The zero-order chi connectivity index (χ0) is 14.5. The van der Waals surface area contributed by atoms with E-state index < -0.39 is 6.04 Å². The summed E-state index contributed by atoms with van der Waals surface area (Å²) in [7, 11) is 0. The molecule has 0 aliphatic carbocycles. The molecular weight excluding hydrogens is 242 g/mol. The molecule has 1 aliphatic rings. The molecule has 1 fully saturated rings. The lowest BCUT2D eigenvalue weighted by Gasteiger charge is -2.27. The molecule has 0 unspecified atom stereocenters. The van der Waals surface area contributed by atoms with Gasteiger partial charge >= 0.3 is 0 Å². The van der Waals surface area contributed by atoms with Crippen LogP contribution in [0.15, 0.2) is 0 Å². The smallest absolute Gasteiger partial charge is 0.237 e. The highest BCUT2D eigenvalue weighted by molar-refractivity contribution is 5.83. The van der Waals surface area contributed by atoms with Crippen LogP contribution >= 0.6 is 0 Å². The van der Waals surface area contributed by atoms with Gasteiger partial charge in [0.15, 0.2) is 0 Å². The van der Waals surface area contributed by atoms with Crippen LogP contribution in [0, 0.1) is 5.41 Å². The predicted octanol–water partition coefficient (Wildman–Crippen LogP) is 0.879. The number of nitrogens with one attached hydrogen (secondary N) is 1. The van der Waals surface area contributed by atoms with E-state index in [1.54, 1.807) is 0 Å². The number of amides is 2. The summed E-state index contributed by atoms with van der Waals surface area (Å²) in [5.41, 5.74) is 5.58. The minimum absolute atomic E-state index is 0.129. The van der Waals surface area contributed by atoms with Crippen molar-refractivity contribution in [1.29, 1.82) is 0 Å². The minimum atomic E-state index is -0.544. The lowest BCUT2D eigenvalue weighted by Crippen LogP contribution is -2.49. The van der Waals surface area contributed by atoms with Gasteiger partial charge in [0.25, 0.3) is 0 Å². The van der Waals surface area contributed by atoms with Gasteiger partial charge in [0, 0.05) is 26.1 Å². The van der Waals surface area contributed by atoms with Crippen molar-refractivity contribution in [3.8, 4) is 0 Å². The van der Waals surface area contributed by atoms with Crippen molar-refractivity contribution in [3.05, 3.63) is 0 Å². The Labute approximate surface area is 115 Å². The number of hydrogen-bond acceptors (Lipinski definition) is 3. The number of carbonyl (C=O) groups excluding carboxylic acids is 2. The molecule has 5 nitrogen and oxygen atoms in total. The van der Waals surface area contributed by atoms with Crippen molar-refractivity contribution < 1.29 is 9.59 Å². The highest BCUT2D eigenvalue weighted by Crippen LogP contribution is 2.17. The highest BCUT2D eigenvalue weighted by atomic mass is 16.2. The number of nitrogens with two attached hydrogens (primary N) is 1. The minimum Gasteiger partial charge on any atom is -0.354 e. The molecule has 1 saturated heterocycles. The number of piperidine rings is 1. The molecule has 1 rings (SSSR count). The third-order valence-corrected chi connectivity index (χ3v) is 3.56. The fourth-order valence-corrected chi connectivity index (χ4v) is 2.10. The van der Waals surface area contributed by atoms with Crippen LogP contribution in [0.2, 0.25) is 0 Å². The first-order valence-electron chi connectivity index (χ1n) is 7.13. The van der Waals surface area contributed by atoms with Crippen molar-refractivity contribution in [2.75, 3.05) is 19.6 Å². The molecular formula is C14H27N3O2. The first-order chi connectivity index (χ1) is 8.82. The van der Waals surface area contributed by atoms with Crippen LogP contribution in [0.5, 0.6) is 0 Å². The molecule has 3 N–H and O–H groups in total. The first-order valence-corrected chi connectivity index (χ1v) is 7.13. The molecule has 0 spiro atoms. The molecule has 0 radical (unpaired) electrons. The summed E-state index contributed by atoms with van der Waals surface area (Å²) in [6, 6.07) is -0.544. The normalized spacial score (nSPS) is 18.0. The van der Waals surface area contributed by atoms with Crippen LogP contribution in [0.3, 0.4) is 0 Å². The van der Waals surface area contributed by atoms with E-state index in [0.717, 1.165) is 25.9 Å². The fraction of sp³-hybridized carbons (Fsp3) is 0.857. The molecule has 1 aliphatic heterocycles. The first kappa shape index (κ1) is 16.0. The Balaban J connectivity index is 2.26. The van der Waals surface area contributed by atoms with Crippen LogP contribution in [-0.2, 0) is 9.59 Å². The van der Waals surface area contributed by atoms with Gasteiger partial charge in [0.05, 0.1) is 6.04 Å². The average Bonchev–Trinajstić information content (AvgIpc) is 2.37. The second kappa shape index (κ2) is 6.89. The Kier molecular flexibility index (Phi) is 5.79. The van der Waals surface area contributed by atoms with Gasteiger partial charge in [-0.2, -0.15) is 0 Å². The van der Waals surface area contributed by atoms with Gasteiger partial charge in [0.1, 0.15) is 0 Å². The maximum atomic E-state index is 11.9. The summed E-state index contributed by atoms with van der Waals surface area (Å²) in [5.74, 6) is -0.0525. The summed E-state index contributed by atoms with van der Waals surface area (Å²) in [6.45, 7) is 7.86. The van der Waals surface area contributed by atoms with Crippen LogP contribution in [0.1, 0.15) is 46.5 Å². The zero-order valence-electron chi connectivity index (χ0n) is 12.4. The predicted molar refractivity (Wildman–Crippen MR) is 75.5 cm³/mol. The lowest BCUT2D eigenvalue weighted by molar-refractivity contribution is -0.132. The summed E-state index contributed by atoms with van der Waals surface area (Å²) in [4.78, 5) is 25.6. The Morgan fingerprint density at radius 1 is 1.21 bits per heavy atom. The third-order valence-electron chi connectivity index (χ3n) is 3.56. The molecule has 1 atom stereocenters. The maximum Gasteiger partial charge on any atom is 0.237 e. The molecule has 0 aromatic rings. The van der Waals surface area contributed by atoms with E-state index >= 15 is 0 Å². The lowest BCUT2D eigenvalue weighted by atomic mass is 9.87. The molecule has 0 saturated carbocycles. The second-order valence-electron chi connectivity index (χ2n) is 6.33. The van der Waals surface area contributed by atoms with Crippen molar-refractivity contribution in [2.24, 2.45) is 11.1 Å². The van der Waals surface area contributed by atoms with E-state index in [1.807, 2.05) is 25.7 Å². The Hall–Kier alpha value is -1.10. The van der Waals surface area contributed by atoms with Gasteiger partial charge in [-0.3, -0.25) is 9.59 Å². The molecule has 0 bridgehead atoms. The topological polar surface area (TPSA) is 75.4 Å². The van der Waals surface area contributed by atoms with Crippen molar-refractivity contribution in [2.45, 2.75) is 52.5 Å². The number of nitrogens with zero attached hydrogens (tertiary/aromatic N) is 1. The van der Waals surface area contributed by atoms with Crippen molar-refractivity contribution in [1.82, 2.24) is 10.2 Å². The number of carbonyl (C=O) groups is 2. The standard InChI is InChI=1S/C14H27N3O2/c1-14(2,3)12(15)13(19)16-8-7-11(18)17-9-5-4-6-10-17/h12H,4-10,15H2,1-3H3,(H,16,19)/t12-/m0/s1. The monoisotopic (exact) mass is 269 g/mol. The Morgan fingerprint density at radius 3 is 2.32 bits per heavy atom. The van der Waals surface area contributed by atoms with Crippen LogP contribution in [0.4, 0.5) is 0 Å². The van der Waals surface area contributed by atoms with Gasteiger partial charge in [-0.1, -0.05) is 20.8 Å². The van der Waals surface area contributed by atoms with Gasteiger partial charge in [-0.15, -0.1) is 0 Å². The highest BCUT2D eigenvalue weighted by Gasteiger charge is 2.27. The molecule has 2 amide bonds. The summed E-state index contributed by atoms with van der Waals surface area (Å²) in [6.07, 6.45) is 3.75. The SMILES string of the molecule is CC(C)(C)[C@@H](N)C(=O)NCCC(=O)N1CCCCC1. The second-order valence-corrected chi connectivity index (χ2v) is 6.33. The number of hydrogen-bond donors (Lipinski definition) is 2. The third kappa shape index (κ3) is 5.19. The summed E-state index contributed by atoms with van der Waals surface area (Å²) in [5, 5.41) is 2.75. The molecule has 5 heteroatoms. The molecule has 1 heterocycles.